The molecule has 2 heterocycles. The molecule has 17 heavy (non-hydrogen) atoms. The fourth-order valence-electron chi connectivity index (χ4n) is 2.12. The third-order valence-electron chi connectivity index (χ3n) is 3.21. The number of rotatable bonds is 5. The Kier molecular flexibility index (Phi) is 4.91. The molecular formula is C13H21N3O. The summed E-state index contributed by atoms with van der Waals surface area (Å²) in [6.45, 7) is 4.98. The van der Waals surface area contributed by atoms with Gasteiger partial charge in [-0.1, -0.05) is 6.07 Å². The van der Waals surface area contributed by atoms with Crippen molar-refractivity contribution in [2.45, 2.75) is 18.9 Å². The summed E-state index contributed by atoms with van der Waals surface area (Å²) in [5.74, 6) is 0. The topological polar surface area (TPSA) is 51.4 Å². The molecule has 1 unspecified atom stereocenters. The first kappa shape index (κ1) is 12.5. The third-order valence-corrected chi connectivity index (χ3v) is 3.21. The summed E-state index contributed by atoms with van der Waals surface area (Å²) in [5.41, 5.74) is 7.26. The predicted octanol–water partition coefficient (Wildman–Crippen LogP) is 1.19. The average Bonchev–Trinajstić information content (AvgIpc) is 2.41. The molecule has 4 nitrogen and oxygen atoms in total. The van der Waals surface area contributed by atoms with Gasteiger partial charge in [-0.2, -0.15) is 0 Å². The highest BCUT2D eigenvalue weighted by atomic mass is 16.5. The second-order valence-corrected chi connectivity index (χ2v) is 4.49. The summed E-state index contributed by atoms with van der Waals surface area (Å²) in [6.07, 6.45) is 5.79. The van der Waals surface area contributed by atoms with E-state index in [0.29, 0.717) is 0 Å². The van der Waals surface area contributed by atoms with Crippen molar-refractivity contribution in [2.24, 2.45) is 5.73 Å². The van der Waals surface area contributed by atoms with Crippen molar-refractivity contribution in [3.8, 4) is 0 Å². The van der Waals surface area contributed by atoms with Crippen molar-refractivity contribution in [3.05, 3.63) is 30.1 Å². The normalized spacial score (nSPS) is 19.1. The second kappa shape index (κ2) is 6.69. The van der Waals surface area contributed by atoms with Crippen molar-refractivity contribution in [1.82, 2.24) is 9.88 Å². The highest BCUT2D eigenvalue weighted by molar-refractivity contribution is 5.12. The first-order valence-corrected chi connectivity index (χ1v) is 6.32. The maximum atomic E-state index is 6.13. The summed E-state index contributed by atoms with van der Waals surface area (Å²) in [7, 11) is 0. The quantitative estimate of drug-likeness (QED) is 0.833. The highest BCUT2D eigenvalue weighted by Gasteiger charge is 2.11. The summed E-state index contributed by atoms with van der Waals surface area (Å²) in [4.78, 5) is 6.54. The lowest BCUT2D eigenvalue weighted by Crippen LogP contribution is -2.37. The minimum Gasteiger partial charge on any atom is -0.379 e. The summed E-state index contributed by atoms with van der Waals surface area (Å²) < 4.78 is 5.32. The van der Waals surface area contributed by atoms with E-state index in [2.05, 4.69) is 9.88 Å². The van der Waals surface area contributed by atoms with Gasteiger partial charge in [0.1, 0.15) is 0 Å². The van der Waals surface area contributed by atoms with Crippen LogP contribution in [0.4, 0.5) is 0 Å². The van der Waals surface area contributed by atoms with E-state index in [4.69, 9.17) is 10.5 Å². The highest BCUT2D eigenvalue weighted by Crippen LogP contribution is 2.14. The average molecular weight is 235 g/mol. The molecule has 0 amide bonds. The van der Waals surface area contributed by atoms with E-state index in [1.807, 2.05) is 18.3 Å². The number of morpholine rings is 1. The molecule has 0 bridgehead atoms. The van der Waals surface area contributed by atoms with Gasteiger partial charge in [0.2, 0.25) is 0 Å². The molecular weight excluding hydrogens is 214 g/mol. The molecule has 1 aliphatic rings. The number of hydrogen-bond acceptors (Lipinski definition) is 4. The number of aromatic nitrogens is 1. The molecule has 0 aliphatic carbocycles. The van der Waals surface area contributed by atoms with Crippen LogP contribution in [0.3, 0.4) is 0 Å². The van der Waals surface area contributed by atoms with Crippen LogP contribution in [-0.4, -0.2) is 42.7 Å². The molecule has 0 radical (unpaired) electrons. The zero-order valence-corrected chi connectivity index (χ0v) is 10.2. The van der Waals surface area contributed by atoms with Crippen LogP contribution in [-0.2, 0) is 4.74 Å². The SMILES string of the molecule is NC(CCCN1CCOCC1)c1cccnc1. The third kappa shape index (κ3) is 4.07. The van der Waals surface area contributed by atoms with Crippen LogP contribution in [0.5, 0.6) is 0 Å². The zero-order chi connectivity index (χ0) is 11.9. The van der Waals surface area contributed by atoms with Gasteiger partial charge in [0.05, 0.1) is 13.2 Å². The number of nitrogens with two attached hydrogens (primary N) is 1. The lowest BCUT2D eigenvalue weighted by molar-refractivity contribution is 0.0370. The molecule has 0 saturated carbocycles. The predicted molar refractivity (Wildman–Crippen MR) is 67.7 cm³/mol. The number of ether oxygens (including phenoxy) is 1. The Morgan fingerprint density at radius 3 is 2.94 bits per heavy atom. The van der Waals surface area contributed by atoms with Crippen LogP contribution in [0.2, 0.25) is 0 Å². The Hall–Kier alpha value is -0.970. The van der Waals surface area contributed by atoms with Gasteiger partial charge in [0, 0.05) is 31.5 Å². The maximum absolute atomic E-state index is 6.13. The van der Waals surface area contributed by atoms with Crippen LogP contribution >= 0.6 is 0 Å². The van der Waals surface area contributed by atoms with Crippen molar-refractivity contribution in [2.75, 3.05) is 32.8 Å². The van der Waals surface area contributed by atoms with Crippen LogP contribution in [0.15, 0.2) is 24.5 Å². The van der Waals surface area contributed by atoms with Gasteiger partial charge in [-0.05, 0) is 31.0 Å². The van der Waals surface area contributed by atoms with Crippen LogP contribution < -0.4 is 5.73 Å². The van der Waals surface area contributed by atoms with E-state index in [1.165, 1.54) is 0 Å². The van der Waals surface area contributed by atoms with Gasteiger partial charge >= 0.3 is 0 Å². The molecule has 1 fully saturated rings. The monoisotopic (exact) mass is 235 g/mol. The largest absolute Gasteiger partial charge is 0.379 e. The molecule has 1 aromatic rings. The fourth-order valence-corrected chi connectivity index (χ4v) is 2.12. The standard InChI is InChI=1S/C13H21N3O/c14-13(12-3-1-5-15-11-12)4-2-6-16-7-9-17-10-8-16/h1,3,5,11,13H,2,4,6-10,14H2. The molecule has 0 aromatic carbocycles. The van der Waals surface area contributed by atoms with Gasteiger partial charge in [-0.3, -0.25) is 9.88 Å². The van der Waals surface area contributed by atoms with Gasteiger partial charge in [-0.15, -0.1) is 0 Å². The van der Waals surface area contributed by atoms with E-state index < -0.39 is 0 Å². The Labute approximate surface area is 103 Å². The zero-order valence-electron chi connectivity index (χ0n) is 10.2. The summed E-state index contributed by atoms with van der Waals surface area (Å²) in [5, 5.41) is 0. The molecule has 2 N–H and O–H groups in total. The van der Waals surface area contributed by atoms with Crippen LogP contribution in [0, 0.1) is 0 Å². The van der Waals surface area contributed by atoms with E-state index in [1.54, 1.807) is 6.20 Å². The van der Waals surface area contributed by atoms with Gasteiger partial charge in [-0.25, -0.2) is 0 Å². The molecule has 1 atom stereocenters. The van der Waals surface area contributed by atoms with E-state index >= 15 is 0 Å². The van der Waals surface area contributed by atoms with E-state index in [9.17, 15) is 0 Å². The summed E-state index contributed by atoms with van der Waals surface area (Å²) >= 11 is 0. The fraction of sp³-hybridized carbons (Fsp3) is 0.615. The first-order valence-electron chi connectivity index (χ1n) is 6.32. The van der Waals surface area contributed by atoms with Crippen LogP contribution in [0.1, 0.15) is 24.4 Å². The maximum Gasteiger partial charge on any atom is 0.0594 e. The summed E-state index contributed by atoms with van der Waals surface area (Å²) in [6, 6.07) is 4.11. The molecule has 1 aromatic heterocycles. The minimum absolute atomic E-state index is 0.116. The number of hydrogen-bond donors (Lipinski definition) is 1. The molecule has 4 heteroatoms. The Bertz CT molecular complexity index is 312. The number of pyridine rings is 1. The molecule has 1 aliphatic heterocycles. The smallest absolute Gasteiger partial charge is 0.0594 e. The van der Waals surface area contributed by atoms with Crippen LogP contribution in [0.25, 0.3) is 0 Å². The molecule has 94 valence electrons. The molecule has 1 saturated heterocycles. The second-order valence-electron chi connectivity index (χ2n) is 4.49. The van der Waals surface area contributed by atoms with Crippen molar-refractivity contribution >= 4 is 0 Å². The van der Waals surface area contributed by atoms with Gasteiger partial charge < -0.3 is 10.5 Å². The van der Waals surface area contributed by atoms with Gasteiger partial charge in [0.15, 0.2) is 0 Å². The first-order chi connectivity index (χ1) is 8.36. The van der Waals surface area contributed by atoms with Crippen molar-refractivity contribution < 1.29 is 4.74 Å². The lowest BCUT2D eigenvalue weighted by atomic mass is 10.0. The Balaban J connectivity index is 1.67. The molecule has 0 spiro atoms. The lowest BCUT2D eigenvalue weighted by Gasteiger charge is -2.26. The van der Waals surface area contributed by atoms with E-state index in [0.717, 1.165) is 51.3 Å². The molecule has 2 rings (SSSR count). The Morgan fingerprint density at radius 2 is 2.24 bits per heavy atom. The van der Waals surface area contributed by atoms with Crippen molar-refractivity contribution in [3.63, 3.8) is 0 Å². The minimum atomic E-state index is 0.116. The number of nitrogens with zero attached hydrogens (tertiary/aromatic N) is 2. The van der Waals surface area contributed by atoms with Crippen molar-refractivity contribution in [1.29, 1.82) is 0 Å². The van der Waals surface area contributed by atoms with E-state index in [-0.39, 0.29) is 6.04 Å². The van der Waals surface area contributed by atoms with Gasteiger partial charge in [0.25, 0.3) is 0 Å². The Morgan fingerprint density at radius 1 is 1.41 bits per heavy atom.